The van der Waals surface area contributed by atoms with Crippen LogP contribution in [0.4, 0.5) is 0 Å². The van der Waals surface area contributed by atoms with Crippen LogP contribution in [0.3, 0.4) is 0 Å². The number of amides is 1. The van der Waals surface area contributed by atoms with E-state index in [0.717, 1.165) is 40.6 Å². The van der Waals surface area contributed by atoms with Crippen LogP contribution in [0.15, 0.2) is 42.5 Å². The van der Waals surface area contributed by atoms with Crippen LogP contribution in [0.2, 0.25) is 0 Å². The lowest BCUT2D eigenvalue weighted by atomic mass is 9.97. The molecule has 168 valence electrons. The van der Waals surface area contributed by atoms with Gasteiger partial charge in [0.05, 0.1) is 18.2 Å². The number of fused-ring (bicyclic) bond motifs is 1. The molecule has 2 N–H and O–H groups in total. The van der Waals surface area contributed by atoms with E-state index in [-0.39, 0.29) is 11.7 Å². The monoisotopic (exact) mass is 433 g/mol. The van der Waals surface area contributed by atoms with Crippen molar-refractivity contribution in [3.63, 3.8) is 0 Å². The normalized spacial score (nSPS) is 16.5. The van der Waals surface area contributed by atoms with Crippen LogP contribution < -0.4 is 10.1 Å². The molecule has 1 aromatic heterocycles. The molecule has 0 bridgehead atoms. The number of phenols is 1. The van der Waals surface area contributed by atoms with E-state index in [9.17, 15) is 9.90 Å². The molecule has 1 aliphatic carbocycles. The van der Waals surface area contributed by atoms with Crippen molar-refractivity contribution < 1.29 is 14.6 Å². The zero-order chi connectivity index (χ0) is 22.9. The van der Waals surface area contributed by atoms with Gasteiger partial charge in [-0.1, -0.05) is 12.1 Å². The largest absolute Gasteiger partial charge is 0.508 e. The average molecular weight is 434 g/mol. The number of carbonyl (C=O) groups excluding carboxylic acids is 1. The van der Waals surface area contributed by atoms with Gasteiger partial charge in [-0.2, -0.15) is 0 Å². The van der Waals surface area contributed by atoms with Crippen molar-refractivity contribution >= 4 is 16.8 Å². The minimum atomic E-state index is -0.472. The summed E-state index contributed by atoms with van der Waals surface area (Å²) in [4.78, 5) is 19.8. The lowest BCUT2D eigenvalue weighted by molar-refractivity contribution is 0.0930. The number of methoxy groups -OCH3 is 1. The summed E-state index contributed by atoms with van der Waals surface area (Å²) in [6.45, 7) is 6.47. The highest BCUT2D eigenvalue weighted by molar-refractivity contribution is 5.97. The van der Waals surface area contributed by atoms with Gasteiger partial charge in [0.25, 0.3) is 5.91 Å². The molecule has 1 saturated carbocycles. The molecule has 0 spiro atoms. The van der Waals surface area contributed by atoms with E-state index < -0.39 is 5.54 Å². The number of aromatic hydroxyl groups is 1. The summed E-state index contributed by atoms with van der Waals surface area (Å²) in [5.41, 5.74) is 3.56. The molecule has 2 heterocycles. The Balaban J connectivity index is 0.000000433. The number of hydrogen-bond donors (Lipinski definition) is 2. The van der Waals surface area contributed by atoms with E-state index >= 15 is 0 Å². The number of aryl methyl sites for hydroxylation is 2. The van der Waals surface area contributed by atoms with Crippen LogP contribution in [0.5, 0.6) is 11.5 Å². The highest BCUT2D eigenvalue weighted by Gasteiger charge is 2.47. The predicted molar refractivity (Wildman–Crippen MR) is 126 cm³/mol. The first-order chi connectivity index (χ1) is 15.3. The summed E-state index contributed by atoms with van der Waals surface area (Å²) in [7, 11) is 3.73. The molecule has 2 aromatic carbocycles. The number of likely N-dealkylation sites (tertiary alicyclic amines) is 1. The predicted octanol–water partition coefficient (Wildman–Crippen LogP) is 4.31. The van der Waals surface area contributed by atoms with Crippen LogP contribution in [-0.4, -0.2) is 48.1 Å². The zero-order valence-electron chi connectivity index (χ0n) is 19.2. The van der Waals surface area contributed by atoms with Gasteiger partial charge in [0, 0.05) is 22.7 Å². The van der Waals surface area contributed by atoms with Crippen LogP contribution >= 0.6 is 0 Å². The number of nitrogens with one attached hydrogen (secondary N) is 1. The maximum Gasteiger partial charge on any atom is 0.252 e. The number of aromatic nitrogens is 1. The third kappa shape index (κ3) is 4.55. The molecule has 2 fully saturated rings. The summed E-state index contributed by atoms with van der Waals surface area (Å²) >= 11 is 0. The molecule has 1 aliphatic heterocycles. The van der Waals surface area contributed by atoms with Crippen molar-refractivity contribution in [3.05, 3.63) is 64.8 Å². The van der Waals surface area contributed by atoms with Gasteiger partial charge in [-0.3, -0.25) is 9.78 Å². The quantitative estimate of drug-likeness (QED) is 0.641. The fourth-order valence-electron chi connectivity index (χ4n) is 4.04. The van der Waals surface area contributed by atoms with Crippen LogP contribution in [0, 0.1) is 13.8 Å². The van der Waals surface area contributed by atoms with Crippen LogP contribution in [0.1, 0.15) is 46.4 Å². The number of rotatable bonds is 4. The van der Waals surface area contributed by atoms with E-state index in [2.05, 4.69) is 22.2 Å². The van der Waals surface area contributed by atoms with Gasteiger partial charge in [0.15, 0.2) is 0 Å². The van der Waals surface area contributed by atoms with Crippen molar-refractivity contribution in [1.29, 1.82) is 0 Å². The van der Waals surface area contributed by atoms with Crippen molar-refractivity contribution in [3.8, 4) is 11.5 Å². The van der Waals surface area contributed by atoms with Crippen molar-refractivity contribution in [2.45, 2.75) is 38.6 Å². The Morgan fingerprint density at radius 1 is 1.12 bits per heavy atom. The fourth-order valence-corrected chi connectivity index (χ4v) is 4.04. The lowest BCUT2D eigenvalue weighted by Gasteiger charge is -2.24. The highest BCUT2D eigenvalue weighted by atomic mass is 16.5. The van der Waals surface area contributed by atoms with Gasteiger partial charge in [0.2, 0.25) is 0 Å². The number of carbonyl (C=O) groups is 1. The first-order valence-corrected chi connectivity index (χ1v) is 11.1. The number of pyridine rings is 1. The summed E-state index contributed by atoms with van der Waals surface area (Å²) in [6.07, 6.45) is 3.07. The van der Waals surface area contributed by atoms with Crippen LogP contribution in [-0.2, 0) is 5.54 Å². The van der Waals surface area contributed by atoms with Crippen molar-refractivity contribution in [1.82, 2.24) is 15.2 Å². The number of ether oxygens (including phenoxy) is 1. The molecule has 0 atom stereocenters. The Bertz CT molecular complexity index is 1150. The Morgan fingerprint density at radius 3 is 2.44 bits per heavy atom. The van der Waals surface area contributed by atoms with Crippen molar-refractivity contribution in [2.24, 2.45) is 0 Å². The Hall–Kier alpha value is -3.12. The third-order valence-electron chi connectivity index (χ3n) is 6.32. The first kappa shape index (κ1) is 22.1. The molecule has 1 amide bonds. The molecule has 32 heavy (non-hydrogen) atoms. The number of phenolic OH excluding ortho intramolecular Hbond substituents is 1. The second-order valence-corrected chi connectivity index (χ2v) is 8.89. The maximum atomic E-state index is 13.0. The number of benzene rings is 2. The average Bonchev–Trinajstić information content (AvgIpc) is 3.52. The standard InChI is InChI=1S/C22H22N2O3.C4H9N/c1-13-4-6-16(27-3)12-18(13)21(26)24-22(8-9-22)19-10-15(25)11-20-17(19)7-5-14(2)23-20;1-5-3-2-4-5/h4-7,10-12,25H,8-9H2,1-3H3,(H,24,26);2-4H2,1H3. The fraction of sp³-hybridized carbons (Fsp3) is 0.385. The van der Waals surface area contributed by atoms with E-state index in [1.165, 1.54) is 19.5 Å². The van der Waals surface area contributed by atoms with Gasteiger partial charge >= 0.3 is 0 Å². The van der Waals surface area contributed by atoms with Gasteiger partial charge in [-0.15, -0.1) is 0 Å². The van der Waals surface area contributed by atoms with E-state index in [1.54, 1.807) is 25.3 Å². The summed E-state index contributed by atoms with van der Waals surface area (Å²) in [5, 5.41) is 14.3. The topological polar surface area (TPSA) is 74.7 Å². The second-order valence-electron chi connectivity index (χ2n) is 8.89. The minimum Gasteiger partial charge on any atom is -0.508 e. The molecular formula is C26H31N3O3. The molecule has 1 saturated heterocycles. The molecule has 0 unspecified atom stereocenters. The molecule has 6 nitrogen and oxygen atoms in total. The number of nitrogens with zero attached hydrogens (tertiary/aromatic N) is 2. The van der Waals surface area contributed by atoms with Crippen LogP contribution in [0.25, 0.3) is 10.9 Å². The lowest BCUT2D eigenvalue weighted by Crippen LogP contribution is -2.35. The highest BCUT2D eigenvalue weighted by Crippen LogP contribution is 2.49. The number of hydrogen-bond acceptors (Lipinski definition) is 5. The molecule has 3 aromatic rings. The van der Waals surface area contributed by atoms with Gasteiger partial charge in [0.1, 0.15) is 11.5 Å². The smallest absolute Gasteiger partial charge is 0.252 e. The Kier molecular flexibility index (Phi) is 6.07. The summed E-state index contributed by atoms with van der Waals surface area (Å²) < 4.78 is 5.25. The first-order valence-electron chi connectivity index (χ1n) is 11.1. The van der Waals surface area contributed by atoms with Crippen molar-refractivity contribution in [2.75, 3.05) is 27.2 Å². The molecule has 6 heteroatoms. The molecule has 5 rings (SSSR count). The zero-order valence-corrected chi connectivity index (χ0v) is 19.2. The van der Waals surface area contributed by atoms with E-state index in [4.69, 9.17) is 4.74 Å². The summed E-state index contributed by atoms with van der Waals surface area (Å²) in [6, 6.07) is 12.8. The minimum absolute atomic E-state index is 0.138. The van der Waals surface area contributed by atoms with E-state index in [0.29, 0.717) is 11.3 Å². The molecule has 2 aliphatic rings. The second kappa shape index (κ2) is 8.79. The summed E-state index contributed by atoms with van der Waals surface area (Å²) in [5.74, 6) is 0.673. The Labute approximate surface area is 189 Å². The third-order valence-corrected chi connectivity index (χ3v) is 6.32. The van der Waals surface area contributed by atoms with Gasteiger partial charge in [-0.25, -0.2) is 0 Å². The SMILES string of the molecule is CN1CCC1.COc1ccc(C)c(C(=O)NC2(c3cc(O)cc4nc(C)ccc34)CC2)c1. The van der Waals surface area contributed by atoms with Gasteiger partial charge < -0.3 is 20.1 Å². The van der Waals surface area contributed by atoms with Gasteiger partial charge in [-0.05, 0) is 88.6 Å². The Morgan fingerprint density at radius 2 is 1.84 bits per heavy atom. The molecular weight excluding hydrogens is 402 g/mol. The molecule has 0 radical (unpaired) electrons. The van der Waals surface area contributed by atoms with E-state index in [1.807, 2.05) is 38.1 Å². The maximum absolute atomic E-state index is 13.0.